The molecule has 3 rings (SSSR count). The van der Waals surface area contributed by atoms with Crippen LogP contribution in [0.5, 0.6) is 0 Å². The molecule has 0 bridgehead atoms. The van der Waals surface area contributed by atoms with Gasteiger partial charge in [0.05, 0.1) is 22.3 Å². The predicted octanol–water partition coefficient (Wildman–Crippen LogP) is 4.00. The van der Waals surface area contributed by atoms with Gasteiger partial charge in [0.2, 0.25) is 0 Å². The molecule has 0 atom stereocenters. The molecule has 0 aliphatic heterocycles. The van der Waals surface area contributed by atoms with Gasteiger partial charge in [-0.25, -0.2) is 9.97 Å². The van der Waals surface area contributed by atoms with Crippen molar-refractivity contribution in [2.45, 2.75) is 0 Å². The average molecular weight is 350 g/mol. The minimum Gasteiger partial charge on any atom is -0.339 e. The second-order valence-corrected chi connectivity index (χ2v) is 5.45. The first kappa shape index (κ1) is 16.4. The Bertz CT molecular complexity index is 967. The molecule has 2 N–H and O–H groups in total. The van der Waals surface area contributed by atoms with E-state index in [-0.39, 0.29) is 5.69 Å². The van der Waals surface area contributed by atoms with Crippen LogP contribution in [0.2, 0.25) is 5.02 Å². The molecular formula is C18H12ClN5O. The molecule has 2 aromatic carbocycles. The van der Waals surface area contributed by atoms with Crippen molar-refractivity contribution in [3.05, 3.63) is 77.2 Å². The Balaban J connectivity index is 1.77. The molecule has 7 heteroatoms. The lowest BCUT2D eigenvalue weighted by Gasteiger charge is -2.09. The van der Waals surface area contributed by atoms with E-state index in [4.69, 9.17) is 16.9 Å². The Morgan fingerprint density at radius 3 is 2.72 bits per heavy atom. The Hall–Kier alpha value is -3.43. The highest BCUT2D eigenvalue weighted by Gasteiger charge is 2.10. The maximum Gasteiger partial charge on any atom is 0.274 e. The van der Waals surface area contributed by atoms with Crippen molar-refractivity contribution >= 4 is 34.7 Å². The number of halogens is 1. The van der Waals surface area contributed by atoms with Crippen molar-refractivity contribution in [3.63, 3.8) is 0 Å². The van der Waals surface area contributed by atoms with Gasteiger partial charge >= 0.3 is 0 Å². The molecule has 122 valence electrons. The van der Waals surface area contributed by atoms with Gasteiger partial charge < -0.3 is 10.6 Å². The Labute approximate surface area is 149 Å². The fourth-order valence-electron chi connectivity index (χ4n) is 2.11. The number of hydrogen-bond acceptors (Lipinski definition) is 5. The summed E-state index contributed by atoms with van der Waals surface area (Å²) in [6, 6.07) is 17.4. The van der Waals surface area contributed by atoms with Gasteiger partial charge in [0.1, 0.15) is 17.8 Å². The molecule has 0 aliphatic rings. The van der Waals surface area contributed by atoms with E-state index < -0.39 is 5.91 Å². The van der Waals surface area contributed by atoms with Gasteiger partial charge in [-0.15, -0.1) is 0 Å². The van der Waals surface area contributed by atoms with Crippen LogP contribution in [0.1, 0.15) is 16.1 Å². The SMILES string of the molecule is N#Cc1cccc(NC(=O)c2cc(Nc3ccccc3Cl)ncn2)c1. The molecule has 3 aromatic rings. The fourth-order valence-corrected chi connectivity index (χ4v) is 2.30. The van der Waals surface area contributed by atoms with Crippen LogP contribution < -0.4 is 10.6 Å². The van der Waals surface area contributed by atoms with Gasteiger partial charge in [0.25, 0.3) is 5.91 Å². The fraction of sp³-hybridized carbons (Fsp3) is 0. The number of carbonyl (C=O) groups is 1. The summed E-state index contributed by atoms with van der Waals surface area (Å²) in [5.41, 5.74) is 1.84. The van der Waals surface area contributed by atoms with Crippen LogP contribution >= 0.6 is 11.6 Å². The van der Waals surface area contributed by atoms with E-state index in [1.54, 1.807) is 36.4 Å². The maximum absolute atomic E-state index is 12.3. The maximum atomic E-state index is 12.3. The Morgan fingerprint density at radius 2 is 1.92 bits per heavy atom. The number of hydrogen-bond donors (Lipinski definition) is 2. The molecule has 1 amide bonds. The monoisotopic (exact) mass is 349 g/mol. The van der Waals surface area contributed by atoms with Crippen molar-refractivity contribution in [1.82, 2.24) is 9.97 Å². The molecule has 0 spiro atoms. The first-order valence-corrected chi connectivity index (χ1v) is 7.68. The zero-order valence-electron chi connectivity index (χ0n) is 12.9. The molecule has 1 aromatic heterocycles. The number of amides is 1. The summed E-state index contributed by atoms with van der Waals surface area (Å²) in [5.74, 6) is 0.0405. The van der Waals surface area contributed by atoms with Crippen LogP contribution in [-0.4, -0.2) is 15.9 Å². The average Bonchev–Trinajstić information content (AvgIpc) is 2.64. The highest BCUT2D eigenvalue weighted by Crippen LogP contribution is 2.24. The Morgan fingerprint density at radius 1 is 1.08 bits per heavy atom. The van der Waals surface area contributed by atoms with Gasteiger partial charge in [0.15, 0.2) is 0 Å². The summed E-state index contributed by atoms with van der Waals surface area (Å²) in [7, 11) is 0. The molecular weight excluding hydrogens is 338 g/mol. The van der Waals surface area contributed by atoms with E-state index in [2.05, 4.69) is 20.6 Å². The zero-order valence-corrected chi connectivity index (χ0v) is 13.7. The first-order valence-electron chi connectivity index (χ1n) is 7.31. The van der Waals surface area contributed by atoms with Crippen molar-refractivity contribution < 1.29 is 4.79 Å². The van der Waals surface area contributed by atoms with Crippen LogP contribution in [0.25, 0.3) is 0 Å². The van der Waals surface area contributed by atoms with Gasteiger partial charge in [-0.3, -0.25) is 4.79 Å². The summed E-state index contributed by atoms with van der Waals surface area (Å²) >= 11 is 6.10. The zero-order chi connectivity index (χ0) is 17.6. The van der Waals surface area contributed by atoms with Crippen LogP contribution in [0, 0.1) is 11.3 Å². The summed E-state index contributed by atoms with van der Waals surface area (Å²) in [4.78, 5) is 20.4. The molecule has 6 nitrogen and oxygen atoms in total. The van der Waals surface area contributed by atoms with E-state index in [0.29, 0.717) is 27.8 Å². The third-order valence-corrected chi connectivity index (χ3v) is 3.62. The number of para-hydroxylation sites is 1. The summed E-state index contributed by atoms with van der Waals surface area (Å²) in [6.45, 7) is 0. The topological polar surface area (TPSA) is 90.7 Å². The number of rotatable bonds is 4. The first-order chi connectivity index (χ1) is 12.2. The number of anilines is 3. The normalized spacial score (nSPS) is 9.92. The third kappa shape index (κ3) is 4.10. The second kappa shape index (κ2) is 7.43. The lowest BCUT2D eigenvalue weighted by Crippen LogP contribution is -2.14. The number of nitrogens with zero attached hydrogens (tertiary/aromatic N) is 3. The van der Waals surface area contributed by atoms with E-state index in [1.165, 1.54) is 12.4 Å². The second-order valence-electron chi connectivity index (χ2n) is 5.04. The third-order valence-electron chi connectivity index (χ3n) is 3.29. The molecule has 0 saturated carbocycles. The predicted molar refractivity (Wildman–Crippen MR) is 95.9 cm³/mol. The van der Waals surface area contributed by atoms with Gasteiger partial charge in [-0.2, -0.15) is 5.26 Å². The molecule has 0 fully saturated rings. The van der Waals surface area contributed by atoms with E-state index in [9.17, 15) is 4.79 Å². The molecule has 1 heterocycles. The van der Waals surface area contributed by atoms with Crippen molar-refractivity contribution in [2.75, 3.05) is 10.6 Å². The summed E-state index contributed by atoms with van der Waals surface area (Å²) < 4.78 is 0. The summed E-state index contributed by atoms with van der Waals surface area (Å²) in [5, 5.41) is 15.2. The number of carbonyl (C=O) groups excluding carboxylic acids is 1. The van der Waals surface area contributed by atoms with Gasteiger partial charge in [-0.1, -0.05) is 29.8 Å². The smallest absolute Gasteiger partial charge is 0.274 e. The van der Waals surface area contributed by atoms with Gasteiger partial charge in [-0.05, 0) is 30.3 Å². The molecule has 0 saturated heterocycles. The number of benzene rings is 2. The van der Waals surface area contributed by atoms with Crippen LogP contribution in [0.15, 0.2) is 60.9 Å². The quantitative estimate of drug-likeness (QED) is 0.743. The van der Waals surface area contributed by atoms with Crippen LogP contribution in [0.3, 0.4) is 0 Å². The van der Waals surface area contributed by atoms with Crippen molar-refractivity contribution in [3.8, 4) is 6.07 Å². The molecule has 25 heavy (non-hydrogen) atoms. The van der Waals surface area contributed by atoms with E-state index in [1.807, 2.05) is 18.2 Å². The Kier molecular flexibility index (Phi) is 4.88. The van der Waals surface area contributed by atoms with E-state index >= 15 is 0 Å². The highest BCUT2D eigenvalue weighted by molar-refractivity contribution is 6.33. The molecule has 0 radical (unpaired) electrons. The van der Waals surface area contributed by atoms with Crippen molar-refractivity contribution in [2.24, 2.45) is 0 Å². The lowest BCUT2D eigenvalue weighted by atomic mass is 10.2. The molecule has 0 aliphatic carbocycles. The minimum atomic E-state index is -0.403. The van der Waals surface area contributed by atoms with Crippen LogP contribution in [-0.2, 0) is 0 Å². The number of nitriles is 1. The summed E-state index contributed by atoms with van der Waals surface area (Å²) in [6.07, 6.45) is 1.29. The largest absolute Gasteiger partial charge is 0.339 e. The van der Waals surface area contributed by atoms with E-state index in [0.717, 1.165) is 0 Å². The number of nitrogens with one attached hydrogen (secondary N) is 2. The lowest BCUT2D eigenvalue weighted by molar-refractivity contribution is 0.102. The van der Waals surface area contributed by atoms with Crippen molar-refractivity contribution in [1.29, 1.82) is 5.26 Å². The minimum absolute atomic E-state index is 0.187. The molecule has 0 unspecified atom stereocenters. The standard InChI is InChI=1S/C18H12ClN5O/c19-14-6-1-2-7-15(14)24-17-9-16(21-11-22-17)18(25)23-13-5-3-4-12(8-13)10-20/h1-9,11H,(H,23,25)(H,21,22,24). The number of aromatic nitrogens is 2. The highest BCUT2D eigenvalue weighted by atomic mass is 35.5. The van der Waals surface area contributed by atoms with Crippen LogP contribution in [0.4, 0.5) is 17.2 Å². The van der Waals surface area contributed by atoms with Gasteiger partial charge in [0, 0.05) is 11.8 Å².